The molecule has 0 bridgehead atoms. The van der Waals surface area contributed by atoms with Crippen molar-refractivity contribution in [3.8, 4) is 0 Å². The maximum atomic E-state index is 14.9. The van der Waals surface area contributed by atoms with Gasteiger partial charge in [-0.1, -0.05) is 0 Å². The summed E-state index contributed by atoms with van der Waals surface area (Å²) in [6.07, 6.45) is -0.648. The zero-order chi connectivity index (χ0) is 24.4. The predicted octanol–water partition coefficient (Wildman–Crippen LogP) is -1.71. The number of ether oxygens (including phenoxy) is 1. The Bertz CT molecular complexity index is 830. The third kappa shape index (κ3) is 7.29. The van der Waals surface area contributed by atoms with Gasteiger partial charge in [-0.15, -0.1) is 0 Å². The molecule has 182 valence electrons. The highest BCUT2D eigenvalue weighted by molar-refractivity contribution is 5.83. The summed E-state index contributed by atoms with van der Waals surface area (Å²) in [4.78, 5) is 47.3. The molecule has 0 spiro atoms. The van der Waals surface area contributed by atoms with Crippen LogP contribution in [0.1, 0.15) is 6.92 Å². The van der Waals surface area contributed by atoms with Crippen molar-refractivity contribution in [3.63, 3.8) is 0 Å². The summed E-state index contributed by atoms with van der Waals surface area (Å²) in [5, 5.41) is 25.9. The molecule has 33 heavy (non-hydrogen) atoms. The smallest absolute Gasteiger partial charge is 0.293 e. The number of hydrogen-bond acceptors (Lipinski definition) is 9. The third-order valence-electron chi connectivity index (χ3n) is 4.95. The highest BCUT2D eigenvalue weighted by atomic mass is 19.1. The average molecular weight is 469 g/mol. The topological polar surface area (TPSA) is 152 Å². The Morgan fingerprint density at radius 1 is 1.09 bits per heavy atom. The van der Waals surface area contributed by atoms with Crippen LogP contribution in [0.4, 0.5) is 15.8 Å². The molecule has 4 N–H and O–H groups in total. The SMILES string of the molecule is CC(=O)NC[C@@H](CNc1ccc(N2CCN(C(=O)CO)N(C(=O)CO)CC2)c(F)c1)OC=O. The summed E-state index contributed by atoms with van der Waals surface area (Å²) < 4.78 is 19.8. The minimum atomic E-state index is -0.805. The van der Waals surface area contributed by atoms with Crippen LogP contribution in [-0.2, 0) is 23.9 Å². The van der Waals surface area contributed by atoms with Crippen molar-refractivity contribution in [3.05, 3.63) is 24.0 Å². The molecule has 0 unspecified atom stereocenters. The maximum absolute atomic E-state index is 14.9. The van der Waals surface area contributed by atoms with Gasteiger partial charge < -0.3 is 30.5 Å². The molecular weight excluding hydrogens is 441 g/mol. The molecule has 12 nitrogen and oxygen atoms in total. The van der Waals surface area contributed by atoms with Crippen LogP contribution in [0.3, 0.4) is 0 Å². The summed E-state index contributed by atoms with van der Waals surface area (Å²) in [7, 11) is 0. The van der Waals surface area contributed by atoms with Crippen LogP contribution in [0.2, 0.25) is 0 Å². The summed E-state index contributed by atoms with van der Waals surface area (Å²) in [6.45, 7) is 0.637. The van der Waals surface area contributed by atoms with E-state index in [-0.39, 0.29) is 57.3 Å². The predicted molar refractivity (Wildman–Crippen MR) is 114 cm³/mol. The number of halogens is 1. The minimum absolute atomic E-state index is 0.0123. The van der Waals surface area contributed by atoms with E-state index in [0.29, 0.717) is 5.69 Å². The van der Waals surface area contributed by atoms with Gasteiger partial charge in [0, 0.05) is 25.7 Å². The lowest BCUT2D eigenvalue weighted by Gasteiger charge is -2.31. The van der Waals surface area contributed by atoms with Crippen molar-refractivity contribution in [2.45, 2.75) is 13.0 Å². The molecule has 1 aromatic rings. The lowest BCUT2D eigenvalue weighted by Crippen LogP contribution is -2.52. The van der Waals surface area contributed by atoms with Gasteiger partial charge in [0.05, 0.1) is 31.9 Å². The molecule has 1 aromatic carbocycles. The van der Waals surface area contributed by atoms with Gasteiger partial charge in [0.2, 0.25) is 5.91 Å². The standard InChI is InChI=1S/C20H28FN5O7/c1-14(30)22-9-16(33-13-29)10-23-15-2-3-18(17(21)8-15)24-4-6-25(19(31)11-27)26(7-5-24)20(32)12-28/h2-3,8,13,16,23,27-28H,4-7,9-12H2,1H3,(H,22,30)/t16-/m0/s1. The molecule has 0 aromatic heterocycles. The van der Waals surface area contributed by atoms with E-state index >= 15 is 0 Å². The van der Waals surface area contributed by atoms with Crippen molar-refractivity contribution in [1.29, 1.82) is 0 Å². The Morgan fingerprint density at radius 2 is 1.70 bits per heavy atom. The fourth-order valence-electron chi connectivity index (χ4n) is 3.32. The van der Waals surface area contributed by atoms with Crippen molar-refractivity contribution in [2.75, 3.05) is 62.7 Å². The molecule has 1 aliphatic heterocycles. The number of carbonyl (C=O) groups excluding carboxylic acids is 4. The Balaban J connectivity index is 2.07. The number of rotatable bonds is 10. The maximum Gasteiger partial charge on any atom is 0.293 e. The van der Waals surface area contributed by atoms with Gasteiger partial charge in [-0.3, -0.25) is 19.2 Å². The van der Waals surface area contributed by atoms with E-state index in [4.69, 9.17) is 4.74 Å². The zero-order valence-corrected chi connectivity index (χ0v) is 18.2. The Kier molecular flexibility index (Phi) is 9.82. The van der Waals surface area contributed by atoms with E-state index in [1.165, 1.54) is 19.1 Å². The molecule has 1 saturated heterocycles. The van der Waals surface area contributed by atoms with Crippen molar-refractivity contribution < 1.29 is 38.5 Å². The summed E-state index contributed by atoms with van der Waals surface area (Å²) >= 11 is 0. The first-order chi connectivity index (χ1) is 15.8. The fourth-order valence-corrected chi connectivity index (χ4v) is 3.32. The second kappa shape index (κ2) is 12.6. The van der Waals surface area contributed by atoms with Crippen LogP contribution in [0.15, 0.2) is 18.2 Å². The monoisotopic (exact) mass is 469 g/mol. The highest BCUT2D eigenvalue weighted by Crippen LogP contribution is 2.24. The summed E-state index contributed by atoms with van der Waals surface area (Å²) in [5.74, 6) is -2.24. The van der Waals surface area contributed by atoms with Gasteiger partial charge in [0.1, 0.15) is 25.1 Å². The molecule has 2 rings (SSSR count). The summed E-state index contributed by atoms with van der Waals surface area (Å²) in [5.41, 5.74) is 0.664. The molecule has 3 amide bonds. The third-order valence-corrected chi connectivity index (χ3v) is 4.95. The number of hydrazine groups is 1. The highest BCUT2D eigenvalue weighted by Gasteiger charge is 2.29. The van der Waals surface area contributed by atoms with Crippen molar-refractivity contribution in [2.24, 2.45) is 0 Å². The van der Waals surface area contributed by atoms with Gasteiger partial charge in [-0.05, 0) is 18.2 Å². The molecule has 1 aliphatic rings. The number of carbonyl (C=O) groups is 4. The van der Waals surface area contributed by atoms with Crippen LogP contribution in [0, 0.1) is 5.82 Å². The van der Waals surface area contributed by atoms with Crippen LogP contribution in [0.25, 0.3) is 0 Å². The van der Waals surface area contributed by atoms with Gasteiger partial charge in [0.25, 0.3) is 18.3 Å². The minimum Gasteiger partial charge on any atom is -0.461 e. The summed E-state index contributed by atoms with van der Waals surface area (Å²) in [6, 6.07) is 4.40. The quantitative estimate of drug-likeness (QED) is 0.294. The first kappa shape index (κ1) is 25.8. The van der Waals surface area contributed by atoms with E-state index in [2.05, 4.69) is 10.6 Å². The lowest BCUT2D eigenvalue weighted by molar-refractivity contribution is -0.166. The number of nitrogens with zero attached hydrogens (tertiary/aromatic N) is 3. The molecule has 1 heterocycles. The Labute approximate surface area is 189 Å². The average Bonchev–Trinajstić information content (AvgIpc) is 3.03. The fraction of sp³-hybridized carbons (Fsp3) is 0.500. The normalized spacial score (nSPS) is 14.8. The van der Waals surface area contributed by atoms with E-state index in [1.807, 2.05) is 0 Å². The van der Waals surface area contributed by atoms with Crippen molar-refractivity contribution >= 4 is 35.6 Å². The Morgan fingerprint density at radius 3 is 2.18 bits per heavy atom. The second-order valence-electron chi connectivity index (χ2n) is 7.18. The first-order valence-corrected chi connectivity index (χ1v) is 10.2. The first-order valence-electron chi connectivity index (χ1n) is 10.2. The molecule has 0 aliphatic carbocycles. The number of benzene rings is 1. The largest absolute Gasteiger partial charge is 0.461 e. The Hall–Kier alpha value is -3.45. The number of aliphatic hydroxyl groups is 2. The van der Waals surface area contributed by atoms with Gasteiger partial charge >= 0.3 is 0 Å². The molecule has 1 atom stereocenters. The molecule has 13 heteroatoms. The van der Waals surface area contributed by atoms with E-state index < -0.39 is 36.9 Å². The van der Waals surface area contributed by atoms with E-state index in [9.17, 15) is 33.8 Å². The van der Waals surface area contributed by atoms with Crippen LogP contribution >= 0.6 is 0 Å². The molecular formula is C20H28FN5O7. The van der Waals surface area contributed by atoms with Gasteiger partial charge in [-0.25, -0.2) is 14.4 Å². The van der Waals surface area contributed by atoms with Crippen LogP contribution < -0.4 is 15.5 Å². The molecule has 1 fully saturated rings. The number of aliphatic hydroxyl groups excluding tert-OH is 2. The van der Waals surface area contributed by atoms with Crippen LogP contribution in [-0.4, -0.2) is 103 Å². The number of nitrogens with one attached hydrogen (secondary N) is 2. The number of anilines is 2. The second-order valence-corrected chi connectivity index (χ2v) is 7.18. The van der Waals surface area contributed by atoms with Crippen molar-refractivity contribution in [1.82, 2.24) is 15.3 Å². The van der Waals surface area contributed by atoms with E-state index in [1.54, 1.807) is 11.0 Å². The van der Waals surface area contributed by atoms with Gasteiger partial charge in [0.15, 0.2) is 0 Å². The lowest BCUT2D eigenvalue weighted by atomic mass is 10.2. The zero-order valence-electron chi connectivity index (χ0n) is 18.2. The van der Waals surface area contributed by atoms with Crippen LogP contribution in [0.5, 0.6) is 0 Å². The number of hydrogen-bond donors (Lipinski definition) is 4. The van der Waals surface area contributed by atoms with Gasteiger partial charge in [-0.2, -0.15) is 0 Å². The van der Waals surface area contributed by atoms with E-state index in [0.717, 1.165) is 10.0 Å². The molecule has 0 radical (unpaired) electrons. The number of amides is 3. The molecule has 0 saturated carbocycles.